The van der Waals surface area contributed by atoms with Gasteiger partial charge in [0.25, 0.3) is 0 Å². The van der Waals surface area contributed by atoms with Gasteiger partial charge in [-0.1, -0.05) is 12.2 Å². The summed E-state index contributed by atoms with van der Waals surface area (Å²) in [7, 11) is 5.42. The number of hydrogen-bond acceptors (Lipinski definition) is 1. The summed E-state index contributed by atoms with van der Waals surface area (Å²) >= 11 is 0. The standard InChI is InChI=1S/C7H7BO2/c8-6-3-1-5(2-4-6)7(9)10/h1,3H,2,4H2,(H,9,10). The fourth-order valence-electron chi connectivity index (χ4n) is 0.832. The largest absolute Gasteiger partial charge is 0.478 e. The third kappa shape index (κ3) is 1.50. The van der Waals surface area contributed by atoms with Crippen LogP contribution in [0, 0.1) is 0 Å². The smallest absolute Gasteiger partial charge is 0.331 e. The van der Waals surface area contributed by atoms with E-state index in [1.165, 1.54) is 0 Å². The summed E-state index contributed by atoms with van der Waals surface area (Å²) in [6.07, 6.45) is 4.42. The van der Waals surface area contributed by atoms with E-state index in [1.807, 2.05) is 0 Å². The third-order valence-corrected chi connectivity index (χ3v) is 1.46. The molecular formula is C7H7BO2. The zero-order chi connectivity index (χ0) is 7.56. The molecule has 0 fully saturated rings. The third-order valence-electron chi connectivity index (χ3n) is 1.46. The minimum atomic E-state index is -0.844. The molecule has 1 aliphatic rings. The quantitative estimate of drug-likeness (QED) is 0.539. The van der Waals surface area contributed by atoms with Crippen molar-refractivity contribution in [2.24, 2.45) is 0 Å². The van der Waals surface area contributed by atoms with Crippen LogP contribution in [0.15, 0.2) is 23.2 Å². The van der Waals surface area contributed by atoms with Crippen molar-refractivity contribution in [1.29, 1.82) is 0 Å². The second kappa shape index (κ2) is 2.73. The van der Waals surface area contributed by atoms with Gasteiger partial charge in [0.2, 0.25) is 0 Å². The maximum absolute atomic E-state index is 10.3. The second-order valence-corrected chi connectivity index (χ2v) is 2.24. The van der Waals surface area contributed by atoms with Crippen LogP contribution in [0.25, 0.3) is 0 Å². The normalized spacial score (nSPS) is 17.6. The molecule has 0 unspecified atom stereocenters. The molecule has 0 aliphatic heterocycles. The molecule has 0 spiro atoms. The van der Waals surface area contributed by atoms with E-state index in [0.717, 1.165) is 5.47 Å². The van der Waals surface area contributed by atoms with Gasteiger partial charge in [-0.25, -0.2) is 4.79 Å². The van der Waals surface area contributed by atoms with Crippen LogP contribution < -0.4 is 0 Å². The van der Waals surface area contributed by atoms with Crippen molar-refractivity contribution in [3.8, 4) is 0 Å². The number of hydrogen-bond donors (Lipinski definition) is 1. The number of aliphatic carboxylic acids is 1. The Morgan fingerprint density at radius 1 is 1.50 bits per heavy atom. The van der Waals surface area contributed by atoms with Crippen LogP contribution in [-0.2, 0) is 4.79 Å². The van der Waals surface area contributed by atoms with Gasteiger partial charge < -0.3 is 5.11 Å². The van der Waals surface area contributed by atoms with Gasteiger partial charge in [0, 0.05) is 5.57 Å². The fourth-order valence-corrected chi connectivity index (χ4v) is 0.832. The maximum Gasteiger partial charge on any atom is 0.331 e. The highest BCUT2D eigenvalue weighted by atomic mass is 16.4. The molecule has 2 radical (unpaired) electrons. The van der Waals surface area contributed by atoms with E-state index < -0.39 is 5.97 Å². The van der Waals surface area contributed by atoms with Crippen molar-refractivity contribution in [2.75, 3.05) is 0 Å². The molecule has 3 heteroatoms. The first-order valence-electron chi connectivity index (χ1n) is 3.08. The fraction of sp³-hybridized carbons (Fsp3) is 0.286. The molecular weight excluding hydrogens is 127 g/mol. The lowest BCUT2D eigenvalue weighted by Gasteiger charge is -2.07. The lowest BCUT2D eigenvalue weighted by molar-refractivity contribution is -0.132. The van der Waals surface area contributed by atoms with Gasteiger partial charge in [-0.15, -0.1) is 5.47 Å². The summed E-state index contributed by atoms with van der Waals surface area (Å²) in [5.41, 5.74) is 1.19. The Morgan fingerprint density at radius 2 is 2.20 bits per heavy atom. The van der Waals surface area contributed by atoms with Crippen LogP contribution in [0.2, 0.25) is 0 Å². The van der Waals surface area contributed by atoms with E-state index in [0.29, 0.717) is 18.4 Å². The van der Waals surface area contributed by atoms with Crippen LogP contribution in [0.4, 0.5) is 0 Å². The summed E-state index contributed by atoms with van der Waals surface area (Å²) < 4.78 is 0. The van der Waals surface area contributed by atoms with E-state index in [4.69, 9.17) is 13.0 Å². The Morgan fingerprint density at radius 3 is 2.60 bits per heavy atom. The summed E-state index contributed by atoms with van der Waals surface area (Å²) in [5.74, 6) is -0.844. The predicted molar refractivity (Wildman–Crippen MR) is 38.8 cm³/mol. The molecule has 1 aliphatic carbocycles. The molecule has 0 aromatic carbocycles. The minimum absolute atomic E-state index is 0.439. The first-order valence-corrected chi connectivity index (χ1v) is 3.08. The summed E-state index contributed by atoms with van der Waals surface area (Å²) in [4.78, 5) is 10.3. The lowest BCUT2D eigenvalue weighted by Crippen LogP contribution is -2.03. The molecule has 1 rings (SSSR count). The van der Waals surface area contributed by atoms with E-state index in [1.54, 1.807) is 12.2 Å². The van der Waals surface area contributed by atoms with Gasteiger partial charge >= 0.3 is 5.97 Å². The molecule has 10 heavy (non-hydrogen) atoms. The van der Waals surface area contributed by atoms with Crippen molar-refractivity contribution in [3.05, 3.63) is 23.2 Å². The highest BCUT2D eigenvalue weighted by molar-refractivity contribution is 6.22. The summed E-state index contributed by atoms with van der Waals surface area (Å²) in [6.45, 7) is 0. The molecule has 0 saturated heterocycles. The highest BCUT2D eigenvalue weighted by Gasteiger charge is 2.08. The van der Waals surface area contributed by atoms with Crippen LogP contribution >= 0.6 is 0 Å². The monoisotopic (exact) mass is 134 g/mol. The second-order valence-electron chi connectivity index (χ2n) is 2.24. The van der Waals surface area contributed by atoms with Gasteiger partial charge in [0.15, 0.2) is 0 Å². The highest BCUT2D eigenvalue weighted by Crippen LogP contribution is 2.15. The Labute approximate surface area is 60.7 Å². The summed E-state index contributed by atoms with van der Waals surface area (Å²) in [6, 6.07) is 0. The van der Waals surface area contributed by atoms with Gasteiger partial charge in [0.1, 0.15) is 7.85 Å². The summed E-state index contributed by atoms with van der Waals surface area (Å²) in [5, 5.41) is 8.49. The van der Waals surface area contributed by atoms with Gasteiger partial charge in [-0.2, -0.15) is 0 Å². The molecule has 0 heterocycles. The van der Waals surface area contributed by atoms with Crippen LogP contribution in [0.5, 0.6) is 0 Å². The van der Waals surface area contributed by atoms with E-state index in [9.17, 15) is 4.79 Å². The minimum Gasteiger partial charge on any atom is -0.478 e. The molecule has 0 aromatic rings. The molecule has 2 nitrogen and oxygen atoms in total. The Kier molecular flexibility index (Phi) is 1.95. The van der Waals surface area contributed by atoms with Gasteiger partial charge in [0.05, 0.1) is 0 Å². The maximum atomic E-state index is 10.3. The average Bonchev–Trinajstić information content (AvgIpc) is 1.88. The van der Waals surface area contributed by atoms with E-state index >= 15 is 0 Å². The number of carboxylic acids is 1. The molecule has 0 bridgehead atoms. The molecule has 0 aromatic heterocycles. The van der Waals surface area contributed by atoms with Gasteiger partial charge in [-0.3, -0.25) is 0 Å². The van der Waals surface area contributed by atoms with Gasteiger partial charge in [-0.05, 0) is 12.8 Å². The number of carbonyl (C=O) groups is 1. The Bertz CT molecular complexity index is 216. The molecule has 0 atom stereocenters. The van der Waals surface area contributed by atoms with Crippen molar-refractivity contribution >= 4 is 13.8 Å². The molecule has 50 valence electrons. The topological polar surface area (TPSA) is 37.3 Å². The number of rotatable bonds is 1. The molecule has 1 N–H and O–H groups in total. The number of carboxylic acid groups (broad SMARTS) is 1. The predicted octanol–water partition coefficient (Wildman–Crippen LogP) is 0.844. The van der Waals surface area contributed by atoms with Crippen LogP contribution in [0.1, 0.15) is 12.8 Å². The van der Waals surface area contributed by atoms with Crippen molar-refractivity contribution < 1.29 is 9.90 Å². The molecule has 0 saturated carbocycles. The molecule has 0 amide bonds. The number of allylic oxidation sites excluding steroid dienone is 3. The van der Waals surface area contributed by atoms with Crippen LogP contribution in [0.3, 0.4) is 0 Å². The Balaban J connectivity index is 2.74. The zero-order valence-electron chi connectivity index (χ0n) is 5.50. The SMILES string of the molecule is [B]C1=CC=C(C(=O)O)CC1. The van der Waals surface area contributed by atoms with Crippen molar-refractivity contribution in [2.45, 2.75) is 12.8 Å². The first-order chi connectivity index (χ1) is 4.70. The first kappa shape index (κ1) is 7.13. The lowest BCUT2D eigenvalue weighted by atomic mass is 9.86. The van der Waals surface area contributed by atoms with E-state index in [-0.39, 0.29) is 0 Å². The van der Waals surface area contributed by atoms with Crippen molar-refractivity contribution in [3.63, 3.8) is 0 Å². The van der Waals surface area contributed by atoms with Crippen molar-refractivity contribution in [1.82, 2.24) is 0 Å². The van der Waals surface area contributed by atoms with E-state index in [2.05, 4.69) is 0 Å². The zero-order valence-corrected chi connectivity index (χ0v) is 5.50. The average molecular weight is 134 g/mol. The van der Waals surface area contributed by atoms with Crippen LogP contribution in [-0.4, -0.2) is 18.9 Å². The Hall–Kier alpha value is -0.985.